The molecule has 0 fully saturated rings. The van der Waals surface area contributed by atoms with Gasteiger partial charge in [-0.3, -0.25) is 0 Å². The molecule has 0 aliphatic rings. The van der Waals surface area contributed by atoms with E-state index in [1.54, 1.807) is 6.07 Å². The van der Waals surface area contributed by atoms with Crippen LogP contribution in [0.5, 0.6) is 28.7 Å². The van der Waals surface area contributed by atoms with Crippen molar-refractivity contribution in [1.29, 1.82) is 0 Å². The summed E-state index contributed by atoms with van der Waals surface area (Å²) in [5.41, 5.74) is 0. The molecule has 1 aromatic rings. The molecule has 0 spiro atoms. The fourth-order valence-corrected chi connectivity index (χ4v) is 1.51. The van der Waals surface area contributed by atoms with Gasteiger partial charge < -0.3 is 28.4 Å². The lowest BCUT2D eigenvalue weighted by atomic mass is 10.2. The fraction of sp³-hybridized carbons (Fsp3) is 0.500. The first-order valence-corrected chi connectivity index (χ1v) is 5.22. The molecule has 0 unspecified atom stereocenters. The van der Waals surface area contributed by atoms with Crippen LogP contribution in [0.2, 0.25) is 0 Å². The van der Waals surface area contributed by atoms with E-state index in [2.05, 4.69) is 0 Å². The van der Waals surface area contributed by atoms with Crippen LogP contribution in [0.1, 0.15) is 0 Å². The highest BCUT2D eigenvalue weighted by atomic mass is 16.7. The predicted molar refractivity (Wildman–Crippen MR) is 65.2 cm³/mol. The van der Waals surface area contributed by atoms with E-state index in [4.69, 9.17) is 28.4 Å². The first-order valence-electron chi connectivity index (χ1n) is 5.22. The van der Waals surface area contributed by atoms with Gasteiger partial charge in [0.05, 0.1) is 28.4 Å². The Morgan fingerprint density at radius 1 is 0.722 bits per heavy atom. The molecule has 0 saturated carbocycles. The van der Waals surface area contributed by atoms with Crippen LogP contribution in [-0.2, 0) is 4.74 Å². The lowest BCUT2D eigenvalue weighted by molar-refractivity contribution is 0.0467. The highest BCUT2D eigenvalue weighted by Gasteiger charge is 2.22. The second-order valence-corrected chi connectivity index (χ2v) is 3.23. The van der Waals surface area contributed by atoms with Crippen molar-refractivity contribution in [2.24, 2.45) is 0 Å². The van der Waals surface area contributed by atoms with Crippen LogP contribution < -0.4 is 23.7 Å². The Hall–Kier alpha value is -1.82. The van der Waals surface area contributed by atoms with Gasteiger partial charge in [-0.05, 0) is 0 Å². The number of hydrogen-bond donors (Lipinski definition) is 0. The van der Waals surface area contributed by atoms with Crippen molar-refractivity contribution in [3.8, 4) is 28.7 Å². The van der Waals surface area contributed by atoms with Crippen LogP contribution in [0.3, 0.4) is 0 Å². The van der Waals surface area contributed by atoms with E-state index in [-0.39, 0.29) is 6.79 Å². The molecule has 1 rings (SSSR count). The molecule has 0 bridgehead atoms. The Morgan fingerprint density at radius 2 is 1.28 bits per heavy atom. The summed E-state index contributed by atoms with van der Waals surface area (Å²) >= 11 is 0. The molecule has 102 valence electrons. The van der Waals surface area contributed by atoms with Crippen molar-refractivity contribution >= 4 is 0 Å². The van der Waals surface area contributed by atoms with Gasteiger partial charge >= 0.3 is 0 Å². The summed E-state index contributed by atoms with van der Waals surface area (Å²) in [5.74, 6) is 2.20. The summed E-state index contributed by atoms with van der Waals surface area (Å²) in [4.78, 5) is 0. The molecule has 0 saturated heterocycles. The summed E-state index contributed by atoms with van der Waals surface area (Å²) in [6.45, 7) is 0.0716. The molecule has 18 heavy (non-hydrogen) atoms. The largest absolute Gasteiger partial charge is 0.493 e. The second kappa shape index (κ2) is 6.80. The summed E-state index contributed by atoms with van der Waals surface area (Å²) in [6.07, 6.45) is 0. The van der Waals surface area contributed by atoms with Crippen molar-refractivity contribution in [1.82, 2.24) is 0 Å². The van der Waals surface area contributed by atoms with E-state index in [1.807, 2.05) is 0 Å². The Balaban J connectivity index is 3.35. The van der Waals surface area contributed by atoms with Gasteiger partial charge in [-0.2, -0.15) is 0 Å². The molecule has 0 amide bonds. The average molecular weight is 258 g/mol. The van der Waals surface area contributed by atoms with Crippen molar-refractivity contribution in [2.75, 3.05) is 42.3 Å². The molecule has 6 heteroatoms. The Bertz CT molecular complexity index is 391. The number of benzene rings is 1. The zero-order valence-electron chi connectivity index (χ0n) is 11.2. The Morgan fingerprint density at radius 3 is 1.72 bits per heavy atom. The normalized spacial score (nSPS) is 9.83. The van der Waals surface area contributed by atoms with Gasteiger partial charge in [0.1, 0.15) is 0 Å². The molecular weight excluding hydrogens is 240 g/mol. The summed E-state index contributed by atoms with van der Waals surface area (Å²) in [6, 6.07) is 1.66. The molecular formula is C12H18O6. The zero-order valence-corrected chi connectivity index (χ0v) is 11.2. The topological polar surface area (TPSA) is 55.4 Å². The number of methoxy groups -OCH3 is 5. The van der Waals surface area contributed by atoms with E-state index < -0.39 is 0 Å². The van der Waals surface area contributed by atoms with Gasteiger partial charge in [0.2, 0.25) is 17.2 Å². The summed E-state index contributed by atoms with van der Waals surface area (Å²) < 4.78 is 31.3. The zero-order chi connectivity index (χ0) is 13.5. The van der Waals surface area contributed by atoms with Gasteiger partial charge in [0, 0.05) is 13.2 Å². The number of rotatable bonds is 7. The minimum Gasteiger partial charge on any atom is -0.493 e. The van der Waals surface area contributed by atoms with Gasteiger partial charge in [-0.1, -0.05) is 0 Å². The maximum Gasteiger partial charge on any atom is 0.211 e. The Labute approximate surface area is 106 Å². The second-order valence-electron chi connectivity index (χ2n) is 3.23. The van der Waals surface area contributed by atoms with E-state index in [0.29, 0.717) is 28.7 Å². The minimum absolute atomic E-state index is 0.0716. The average Bonchev–Trinajstić information content (AvgIpc) is 2.42. The predicted octanol–water partition coefficient (Wildman–Crippen LogP) is 1.70. The summed E-state index contributed by atoms with van der Waals surface area (Å²) in [7, 11) is 7.62. The van der Waals surface area contributed by atoms with Crippen LogP contribution in [0.25, 0.3) is 0 Å². The van der Waals surface area contributed by atoms with E-state index in [1.165, 1.54) is 35.5 Å². The molecule has 0 aliphatic heterocycles. The van der Waals surface area contributed by atoms with Gasteiger partial charge in [-0.25, -0.2) is 0 Å². The van der Waals surface area contributed by atoms with E-state index in [9.17, 15) is 0 Å². The monoisotopic (exact) mass is 258 g/mol. The highest BCUT2D eigenvalue weighted by Crippen LogP contribution is 2.50. The van der Waals surface area contributed by atoms with Crippen LogP contribution in [-0.4, -0.2) is 42.3 Å². The first kappa shape index (κ1) is 14.2. The van der Waals surface area contributed by atoms with Crippen molar-refractivity contribution in [3.63, 3.8) is 0 Å². The molecule has 0 radical (unpaired) electrons. The van der Waals surface area contributed by atoms with Crippen molar-refractivity contribution in [2.45, 2.75) is 0 Å². The Kier molecular flexibility index (Phi) is 5.38. The lowest BCUT2D eigenvalue weighted by Gasteiger charge is -2.18. The maximum atomic E-state index is 5.43. The van der Waals surface area contributed by atoms with E-state index >= 15 is 0 Å². The third-order valence-corrected chi connectivity index (χ3v) is 2.29. The van der Waals surface area contributed by atoms with Crippen molar-refractivity contribution in [3.05, 3.63) is 6.07 Å². The summed E-state index contributed by atoms with van der Waals surface area (Å²) in [5, 5.41) is 0. The maximum absolute atomic E-state index is 5.43. The highest BCUT2D eigenvalue weighted by molar-refractivity contribution is 5.65. The number of ether oxygens (including phenoxy) is 6. The van der Waals surface area contributed by atoms with Crippen LogP contribution in [0.4, 0.5) is 0 Å². The van der Waals surface area contributed by atoms with Crippen molar-refractivity contribution < 1.29 is 28.4 Å². The standard InChI is InChI=1S/C12H18O6/c1-13-7-18-11-9(15-3)6-8(14-2)10(16-4)12(11)17-5/h6H,7H2,1-5H3. The van der Waals surface area contributed by atoms with Gasteiger partial charge in [0.15, 0.2) is 18.3 Å². The molecule has 0 heterocycles. The van der Waals surface area contributed by atoms with Gasteiger partial charge in [-0.15, -0.1) is 0 Å². The molecule has 1 aromatic carbocycles. The van der Waals surface area contributed by atoms with Crippen LogP contribution in [0, 0.1) is 0 Å². The van der Waals surface area contributed by atoms with Crippen LogP contribution in [0.15, 0.2) is 6.07 Å². The molecule has 0 aliphatic carbocycles. The first-order chi connectivity index (χ1) is 8.73. The third-order valence-electron chi connectivity index (χ3n) is 2.29. The quantitative estimate of drug-likeness (QED) is 0.694. The molecule has 6 nitrogen and oxygen atoms in total. The molecule has 0 N–H and O–H groups in total. The molecule has 0 atom stereocenters. The fourth-order valence-electron chi connectivity index (χ4n) is 1.51. The SMILES string of the molecule is COCOc1c(OC)cc(OC)c(OC)c1OC. The smallest absolute Gasteiger partial charge is 0.211 e. The molecule has 0 aromatic heterocycles. The van der Waals surface area contributed by atoms with Gasteiger partial charge in [0.25, 0.3) is 0 Å². The third kappa shape index (κ3) is 2.70. The lowest BCUT2D eigenvalue weighted by Crippen LogP contribution is -2.05. The number of hydrogen-bond acceptors (Lipinski definition) is 6. The van der Waals surface area contributed by atoms with E-state index in [0.717, 1.165) is 0 Å². The van der Waals surface area contributed by atoms with Crippen LogP contribution >= 0.6 is 0 Å². The minimum atomic E-state index is 0.0716.